The van der Waals surface area contributed by atoms with Crippen molar-refractivity contribution in [2.24, 2.45) is 16.8 Å². The van der Waals surface area contributed by atoms with Gasteiger partial charge in [-0.15, -0.1) is 5.34 Å². The third kappa shape index (κ3) is 2130. The maximum atomic E-state index is 9.00. The van der Waals surface area contributed by atoms with E-state index in [1.165, 1.54) is 0 Å². The number of isocyanates is 1. The number of primary amides is 2. The molecule has 58 valence electrons. The first-order chi connectivity index (χ1) is 4.56. The molecule has 0 heterocycles. The van der Waals surface area contributed by atoms with Crippen LogP contribution in [0.5, 0.6) is 0 Å². The maximum Gasteiger partial charge on any atom is 1.00 e. The minimum Gasteiger partial charge on any atom is -0.724 e. The van der Waals surface area contributed by atoms with Gasteiger partial charge in [0.15, 0.2) is 0 Å². The Labute approximate surface area is 133 Å². The van der Waals surface area contributed by atoms with Crippen LogP contribution in [0.1, 0.15) is 0 Å². The van der Waals surface area contributed by atoms with E-state index in [4.69, 9.17) is 25.1 Å². The van der Waals surface area contributed by atoms with Crippen molar-refractivity contribution in [1.82, 2.24) is 0 Å². The Morgan fingerprint density at radius 2 is 1.50 bits per heavy atom. The van der Waals surface area contributed by atoms with Gasteiger partial charge in [0, 0.05) is 0 Å². The molecule has 0 aromatic carbocycles. The van der Waals surface area contributed by atoms with Crippen LogP contribution < -0.4 is 92.4 Å². The van der Waals surface area contributed by atoms with Gasteiger partial charge in [0.2, 0.25) is 0 Å². The summed E-state index contributed by atoms with van der Waals surface area (Å²) < 4.78 is 0. The Morgan fingerprint density at radius 3 is 1.50 bits per heavy atom. The van der Waals surface area contributed by atoms with E-state index in [0.29, 0.717) is 6.08 Å². The minimum atomic E-state index is -0.833. The quantitative estimate of drug-likeness (QED) is 0.134. The fraction of sp³-hybridized carbons (Fsp3) is 0. The predicted molar refractivity (Wildman–Crippen MR) is 32.0 cm³/mol. The molecule has 4 N–H and O–H groups in total. The molecule has 0 saturated carbocycles. The van der Waals surface area contributed by atoms with Crippen molar-refractivity contribution in [3.63, 3.8) is 0 Å². The standard InChI is InChI=1S/CH4N2O.CNO.K.HNO2.Na/c2-1(3)4;2-1-3;;2-1-3;/h(H4,2,3,4);;;(H,2,3);/q;-1;+1;;+1/p-1. The van der Waals surface area contributed by atoms with Crippen LogP contribution in [0.2, 0.25) is 0 Å². The maximum absolute atomic E-state index is 9.00. The average molecular weight is 210 g/mol. The Balaban J connectivity index is -0.0000000191. The first-order valence-electron chi connectivity index (χ1n) is 1.57. The monoisotopic (exact) mass is 210 g/mol. The van der Waals surface area contributed by atoms with Crippen molar-refractivity contribution in [2.75, 3.05) is 0 Å². The van der Waals surface area contributed by atoms with Gasteiger partial charge in [-0.1, -0.05) is 0 Å². The summed E-state index contributed by atoms with van der Waals surface area (Å²) in [5, 5.41) is 15.8. The third-order valence-corrected chi connectivity index (χ3v) is 0. The van der Waals surface area contributed by atoms with Gasteiger partial charge < -0.3 is 27.0 Å². The van der Waals surface area contributed by atoms with Crippen molar-refractivity contribution < 1.29 is 90.5 Å². The molecule has 0 aliphatic heterocycles. The Morgan fingerprint density at radius 1 is 1.50 bits per heavy atom. The van der Waals surface area contributed by atoms with Gasteiger partial charge in [-0.25, -0.2) is 4.79 Å². The van der Waals surface area contributed by atoms with Gasteiger partial charge in [-0.3, -0.25) is 4.79 Å². The van der Waals surface area contributed by atoms with Gasteiger partial charge in [0.1, 0.15) is 0 Å². The molecule has 0 bridgehead atoms. The van der Waals surface area contributed by atoms with Crippen LogP contribution in [0.15, 0.2) is 5.34 Å². The van der Waals surface area contributed by atoms with Crippen LogP contribution in [0.3, 0.4) is 0 Å². The van der Waals surface area contributed by atoms with E-state index in [1.807, 2.05) is 0 Å². The van der Waals surface area contributed by atoms with Crippen LogP contribution in [0.25, 0.3) is 5.41 Å². The Kier molecular flexibility index (Phi) is 101. The topological polar surface area (TPSA) is 161 Å². The van der Waals surface area contributed by atoms with Gasteiger partial charge in [0.25, 0.3) is 0 Å². The molecular formula is C2H4KN4NaO4. The van der Waals surface area contributed by atoms with E-state index in [9.17, 15) is 0 Å². The summed E-state index contributed by atoms with van der Waals surface area (Å²) in [7, 11) is 0. The number of carbonyl (C=O) groups excluding carboxylic acids is 2. The van der Waals surface area contributed by atoms with Crippen LogP contribution in [-0.2, 0) is 4.79 Å². The molecular weight excluding hydrogens is 206 g/mol. The number of urea groups is 1. The van der Waals surface area contributed by atoms with E-state index < -0.39 is 6.03 Å². The zero-order chi connectivity index (χ0) is 8.99. The third-order valence-electron chi connectivity index (χ3n) is 0. The number of nitrogens with zero attached hydrogens (tertiary/aromatic N) is 2. The predicted octanol–water partition coefficient (Wildman–Crippen LogP) is -6.83. The molecule has 0 atom stereocenters. The van der Waals surface area contributed by atoms with Crippen molar-refractivity contribution in [3.8, 4) is 0 Å². The molecule has 0 aromatic heterocycles. The molecule has 12 heavy (non-hydrogen) atoms. The number of rotatable bonds is 0. The van der Waals surface area contributed by atoms with Crippen molar-refractivity contribution in [1.29, 1.82) is 0 Å². The summed E-state index contributed by atoms with van der Waals surface area (Å²) in [6.45, 7) is 0. The summed E-state index contributed by atoms with van der Waals surface area (Å²) in [6, 6.07) is -0.833. The number of hydrogen-bond donors (Lipinski definition) is 2. The first kappa shape index (κ1) is 29.3. The van der Waals surface area contributed by atoms with Gasteiger partial charge >= 0.3 is 87.0 Å². The molecule has 0 radical (unpaired) electrons. The van der Waals surface area contributed by atoms with Crippen LogP contribution in [0, 0.1) is 10.1 Å². The zero-order valence-corrected chi connectivity index (χ0v) is 11.8. The van der Waals surface area contributed by atoms with Crippen molar-refractivity contribution in [3.05, 3.63) is 15.5 Å². The Bertz CT molecular complexity index is 122. The van der Waals surface area contributed by atoms with Crippen LogP contribution in [0.4, 0.5) is 4.79 Å². The molecule has 0 saturated heterocycles. The molecule has 0 rings (SSSR count). The smallest absolute Gasteiger partial charge is 0.724 e. The number of carbonyl (C=O) groups is 1. The molecule has 10 heteroatoms. The molecule has 8 nitrogen and oxygen atoms in total. The zero-order valence-electron chi connectivity index (χ0n) is 6.68. The van der Waals surface area contributed by atoms with E-state index in [2.05, 4.69) is 11.5 Å². The second kappa shape index (κ2) is 41.3. The number of hydrogen-bond acceptors (Lipinski definition) is 5. The van der Waals surface area contributed by atoms with Crippen molar-refractivity contribution in [2.45, 2.75) is 0 Å². The summed E-state index contributed by atoms with van der Waals surface area (Å²) in [5.41, 5.74) is 8.50. The molecule has 0 unspecified atom stereocenters. The largest absolute Gasteiger partial charge is 1.00 e. The summed E-state index contributed by atoms with van der Waals surface area (Å²) in [6.07, 6.45) is 0.500. The van der Waals surface area contributed by atoms with Gasteiger partial charge in [-0.05, 0) is 6.08 Å². The number of amides is 2. The molecule has 0 aliphatic rings. The second-order valence-corrected chi connectivity index (χ2v) is 0.568. The average Bonchev–Trinajstić information content (AvgIpc) is 1.65. The van der Waals surface area contributed by atoms with Crippen molar-refractivity contribution >= 4 is 12.1 Å². The van der Waals surface area contributed by atoms with Crippen LogP contribution in [-0.4, -0.2) is 12.1 Å². The van der Waals surface area contributed by atoms with E-state index >= 15 is 0 Å². The van der Waals surface area contributed by atoms with E-state index in [1.54, 1.807) is 0 Å². The fourth-order valence-electron chi connectivity index (χ4n) is 0. The van der Waals surface area contributed by atoms with Crippen LogP contribution >= 0.6 is 0 Å². The van der Waals surface area contributed by atoms with Gasteiger partial charge in [0.05, 0.1) is 0 Å². The summed E-state index contributed by atoms with van der Waals surface area (Å²) in [4.78, 5) is 25.2. The molecule has 0 aromatic rings. The molecule has 0 spiro atoms. The fourth-order valence-corrected chi connectivity index (χ4v) is 0. The molecule has 0 aliphatic carbocycles. The normalized spacial score (nSPS) is 3.67. The van der Waals surface area contributed by atoms with Gasteiger partial charge in [-0.2, -0.15) is 0 Å². The summed E-state index contributed by atoms with van der Waals surface area (Å²) >= 11 is 0. The van der Waals surface area contributed by atoms with E-state index in [-0.39, 0.29) is 80.9 Å². The first-order valence-corrected chi connectivity index (χ1v) is 1.57. The number of nitrogens with two attached hydrogens (primary N) is 2. The second-order valence-electron chi connectivity index (χ2n) is 0.568. The summed E-state index contributed by atoms with van der Waals surface area (Å²) in [5.74, 6) is 0. The molecule has 0 fully saturated rings. The Hall–Kier alpha value is 0.686. The van der Waals surface area contributed by atoms with E-state index in [0.717, 1.165) is 5.34 Å². The SMILES string of the molecule is NC(N)=O.O=N[O-].[K+].[N-]=C=O.[Na+]. The molecule has 2 amide bonds. The minimum absolute atomic E-state index is 0.